The molecule has 5 nitrogen and oxygen atoms in total. The van der Waals surface area contributed by atoms with Crippen LogP contribution in [0.3, 0.4) is 0 Å². The lowest BCUT2D eigenvalue weighted by atomic mass is 9.92. The average molecular weight is 611 g/mol. The lowest BCUT2D eigenvalue weighted by molar-refractivity contribution is -0.118. The van der Waals surface area contributed by atoms with Crippen LogP contribution in [0, 0.1) is 0 Å². The van der Waals surface area contributed by atoms with Crippen molar-refractivity contribution in [3.63, 3.8) is 0 Å². The normalized spacial score (nSPS) is 11.3. The number of hydrogen-bond acceptors (Lipinski definition) is 5. The Morgan fingerprint density at radius 2 is 1.66 bits per heavy atom. The van der Waals surface area contributed by atoms with Crippen molar-refractivity contribution in [2.45, 2.75) is 23.5 Å². The van der Waals surface area contributed by atoms with Gasteiger partial charge in [-0.3, -0.25) is 4.79 Å². The summed E-state index contributed by atoms with van der Waals surface area (Å²) in [6, 6.07) is 35.9. The molecule has 1 N–H and O–H groups in total. The van der Waals surface area contributed by atoms with E-state index >= 15 is 0 Å². The Kier molecular flexibility index (Phi) is 7.97. The molecule has 7 heteroatoms. The van der Waals surface area contributed by atoms with Gasteiger partial charge < -0.3 is 9.88 Å². The number of rotatable bonds is 9. The van der Waals surface area contributed by atoms with Crippen molar-refractivity contribution >= 4 is 56.6 Å². The van der Waals surface area contributed by atoms with E-state index in [1.165, 1.54) is 15.8 Å². The SMILES string of the molecule is CN(C(=O)CCc1nccs1)c1ccc(-c2cnc3[nH]c4ccc(CSc5ccccc5)cc4c3c2-c2ccccc2)cc1. The summed E-state index contributed by atoms with van der Waals surface area (Å²) >= 11 is 3.43. The second-order valence-electron chi connectivity index (χ2n) is 10.7. The lowest BCUT2D eigenvalue weighted by Gasteiger charge is -2.18. The van der Waals surface area contributed by atoms with Crippen LogP contribution in [0.25, 0.3) is 44.2 Å². The van der Waals surface area contributed by atoms with Gasteiger partial charge in [0.1, 0.15) is 5.65 Å². The maximum Gasteiger partial charge on any atom is 0.227 e. The van der Waals surface area contributed by atoms with Gasteiger partial charge in [0.15, 0.2) is 0 Å². The molecule has 0 saturated heterocycles. The summed E-state index contributed by atoms with van der Waals surface area (Å²) in [6.45, 7) is 0. The Morgan fingerprint density at radius 1 is 0.886 bits per heavy atom. The predicted octanol–water partition coefficient (Wildman–Crippen LogP) is 9.39. The molecule has 1 amide bonds. The molecule has 0 aliphatic rings. The fraction of sp³-hybridized carbons (Fsp3) is 0.108. The lowest BCUT2D eigenvalue weighted by Crippen LogP contribution is -2.26. The Balaban J connectivity index is 1.25. The van der Waals surface area contributed by atoms with Crippen LogP contribution in [0.5, 0.6) is 0 Å². The van der Waals surface area contributed by atoms with E-state index in [4.69, 9.17) is 4.98 Å². The first kappa shape index (κ1) is 28.1. The molecule has 0 bridgehead atoms. The average Bonchev–Trinajstić information content (AvgIpc) is 3.74. The molecule has 3 heterocycles. The molecule has 0 saturated carbocycles. The highest BCUT2D eigenvalue weighted by Crippen LogP contribution is 2.41. The number of thioether (sulfide) groups is 1. The van der Waals surface area contributed by atoms with Crippen molar-refractivity contribution in [1.29, 1.82) is 0 Å². The largest absolute Gasteiger partial charge is 0.339 e. The summed E-state index contributed by atoms with van der Waals surface area (Å²) in [7, 11) is 1.84. The van der Waals surface area contributed by atoms with E-state index < -0.39 is 0 Å². The standard InChI is InChI=1S/C37H30N4OS2/c1-41(34(42)19-18-33-38-20-21-43-33)28-15-13-26(14-16-28)31-23-39-37-36(35(31)27-8-4-2-5-9-27)30-22-25(12-17-32(30)40-37)24-44-29-10-6-3-7-11-29/h2-17,20-23H,18-19,24H2,1H3,(H,39,40). The van der Waals surface area contributed by atoms with Gasteiger partial charge in [0.05, 0.1) is 5.01 Å². The van der Waals surface area contributed by atoms with E-state index in [0.717, 1.165) is 55.3 Å². The molecule has 216 valence electrons. The first-order valence-electron chi connectivity index (χ1n) is 14.6. The van der Waals surface area contributed by atoms with Gasteiger partial charge in [-0.25, -0.2) is 9.97 Å². The highest BCUT2D eigenvalue weighted by atomic mass is 32.2. The number of amides is 1. The number of pyridine rings is 1. The number of nitrogens with zero attached hydrogens (tertiary/aromatic N) is 3. The minimum absolute atomic E-state index is 0.0704. The molecular formula is C37H30N4OS2. The Bertz CT molecular complexity index is 2040. The maximum atomic E-state index is 12.9. The number of thiazole rings is 1. The number of H-pyrrole nitrogens is 1. The van der Waals surface area contributed by atoms with E-state index in [-0.39, 0.29) is 5.91 Å². The minimum Gasteiger partial charge on any atom is -0.339 e. The monoisotopic (exact) mass is 610 g/mol. The van der Waals surface area contributed by atoms with Crippen molar-refractivity contribution in [3.05, 3.63) is 131 Å². The van der Waals surface area contributed by atoms with Gasteiger partial charge in [0, 0.05) is 81.4 Å². The summed E-state index contributed by atoms with van der Waals surface area (Å²) < 4.78 is 0. The number of carbonyl (C=O) groups excluding carboxylic acids is 1. The van der Waals surface area contributed by atoms with Crippen molar-refractivity contribution < 1.29 is 4.79 Å². The summed E-state index contributed by atoms with van der Waals surface area (Å²) in [6.07, 6.45) is 4.83. The van der Waals surface area contributed by atoms with Gasteiger partial charge >= 0.3 is 0 Å². The molecule has 7 rings (SSSR count). The first-order valence-corrected chi connectivity index (χ1v) is 16.4. The van der Waals surface area contributed by atoms with Gasteiger partial charge in [-0.1, -0.05) is 66.7 Å². The van der Waals surface area contributed by atoms with Gasteiger partial charge in [-0.2, -0.15) is 0 Å². The van der Waals surface area contributed by atoms with Crippen molar-refractivity contribution in [2.75, 3.05) is 11.9 Å². The van der Waals surface area contributed by atoms with Crippen LogP contribution in [-0.2, 0) is 17.0 Å². The van der Waals surface area contributed by atoms with Crippen LogP contribution in [0.2, 0.25) is 0 Å². The molecule has 0 spiro atoms. The highest BCUT2D eigenvalue weighted by molar-refractivity contribution is 7.98. The molecular weight excluding hydrogens is 581 g/mol. The number of hydrogen-bond donors (Lipinski definition) is 1. The smallest absolute Gasteiger partial charge is 0.227 e. The second-order valence-corrected chi connectivity index (χ2v) is 12.7. The highest BCUT2D eigenvalue weighted by Gasteiger charge is 2.18. The van der Waals surface area contributed by atoms with Crippen LogP contribution >= 0.6 is 23.1 Å². The van der Waals surface area contributed by atoms with E-state index in [2.05, 4.69) is 94.9 Å². The van der Waals surface area contributed by atoms with Crippen LogP contribution in [0.1, 0.15) is 17.0 Å². The summed E-state index contributed by atoms with van der Waals surface area (Å²) in [4.78, 5) is 28.7. The topological polar surface area (TPSA) is 61.9 Å². The number of nitrogens with one attached hydrogen (secondary N) is 1. The Hall–Kier alpha value is -4.72. The predicted molar refractivity (Wildman–Crippen MR) is 184 cm³/mol. The number of anilines is 1. The van der Waals surface area contributed by atoms with E-state index in [9.17, 15) is 4.79 Å². The second kappa shape index (κ2) is 12.5. The van der Waals surface area contributed by atoms with Crippen molar-refractivity contribution in [1.82, 2.24) is 15.0 Å². The zero-order valence-electron chi connectivity index (χ0n) is 24.2. The summed E-state index contributed by atoms with van der Waals surface area (Å²) in [5.74, 6) is 0.957. The number of aromatic amines is 1. The molecule has 3 aromatic heterocycles. The number of benzene rings is 4. The van der Waals surface area contributed by atoms with E-state index in [1.54, 1.807) is 22.4 Å². The molecule has 44 heavy (non-hydrogen) atoms. The Labute approximate surface area is 264 Å². The fourth-order valence-electron chi connectivity index (χ4n) is 5.57. The van der Waals surface area contributed by atoms with Gasteiger partial charge in [-0.15, -0.1) is 23.1 Å². The third kappa shape index (κ3) is 5.76. The molecule has 0 fully saturated rings. The third-order valence-corrected chi connectivity index (χ3v) is 9.79. The molecule has 7 aromatic rings. The molecule has 0 aliphatic carbocycles. The Morgan fingerprint density at radius 3 is 2.41 bits per heavy atom. The molecule has 0 radical (unpaired) electrons. The minimum atomic E-state index is 0.0704. The van der Waals surface area contributed by atoms with Gasteiger partial charge in [0.25, 0.3) is 0 Å². The molecule has 0 aliphatic heterocycles. The number of carbonyl (C=O) groups is 1. The summed E-state index contributed by atoms with van der Waals surface area (Å²) in [5.41, 5.74) is 8.47. The first-order chi connectivity index (χ1) is 21.6. The van der Waals surface area contributed by atoms with Crippen LogP contribution < -0.4 is 4.90 Å². The van der Waals surface area contributed by atoms with Crippen LogP contribution in [-0.4, -0.2) is 27.9 Å². The third-order valence-electron chi connectivity index (χ3n) is 7.87. The molecule has 0 atom stereocenters. The van der Waals surface area contributed by atoms with Crippen molar-refractivity contribution in [2.24, 2.45) is 0 Å². The van der Waals surface area contributed by atoms with Crippen LogP contribution in [0.15, 0.2) is 126 Å². The van der Waals surface area contributed by atoms with Crippen molar-refractivity contribution in [3.8, 4) is 22.3 Å². The van der Waals surface area contributed by atoms with Gasteiger partial charge in [0.2, 0.25) is 5.91 Å². The zero-order chi connectivity index (χ0) is 29.9. The maximum absolute atomic E-state index is 12.9. The van der Waals surface area contributed by atoms with Gasteiger partial charge in [-0.05, 0) is 53.1 Å². The number of aryl methyl sites for hydroxylation is 1. The van der Waals surface area contributed by atoms with E-state index in [1.807, 2.05) is 48.6 Å². The quantitative estimate of drug-likeness (QED) is 0.165. The molecule has 0 unspecified atom stereocenters. The number of aromatic nitrogens is 3. The zero-order valence-corrected chi connectivity index (χ0v) is 25.9. The molecule has 4 aromatic carbocycles. The van der Waals surface area contributed by atoms with Crippen LogP contribution in [0.4, 0.5) is 5.69 Å². The fourth-order valence-corrected chi connectivity index (χ4v) is 7.05. The number of fused-ring (bicyclic) bond motifs is 3. The van der Waals surface area contributed by atoms with E-state index in [0.29, 0.717) is 12.8 Å². The summed E-state index contributed by atoms with van der Waals surface area (Å²) in [5, 5.41) is 5.21.